The maximum atomic E-state index is 2.30. The van der Waals surface area contributed by atoms with Crippen molar-refractivity contribution in [2.24, 2.45) is 80.8 Å². The lowest BCUT2D eigenvalue weighted by Gasteiger charge is -2.18. The van der Waals surface area contributed by atoms with Gasteiger partial charge in [0.05, 0.1) is 0 Å². The molecule has 0 aromatic carbocycles. The highest BCUT2D eigenvalue weighted by Gasteiger charge is 2.10. The van der Waals surface area contributed by atoms with Crippen LogP contribution in [-0.4, -0.2) is 0 Å². The zero-order valence-electron chi connectivity index (χ0n) is 67.2. The smallest absolute Gasteiger partial charge is 0.0359 e. The lowest BCUT2D eigenvalue weighted by molar-refractivity contribution is 0.338. The minimum atomic E-state index is 0. The molecule has 0 heteroatoms. The minimum absolute atomic E-state index is 0. The van der Waals surface area contributed by atoms with E-state index in [9.17, 15) is 0 Å². The van der Waals surface area contributed by atoms with Crippen LogP contribution in [0.5, 0.6) is 0 Å². The summed E-state index contributed by atoms with van der Waals surface area (Å²) in [5, 5.41) is 0. The standard InChI is InChI=1S/C7H16.7C6H14.6C5H12.28CH4/c1-5-7(3,4)6-2;3*1-5-6(2,3)4;4*1-4-6(3)5-2;6*1-4-5(2)3;;;;;;;;;;;;;;;;;;;;;;;;;;;;/h5-6H2,1-4H3;3*5H2,1-4H3;4*6H,4-5H2,1-3H3;6*5H,4H2,1-3H3;28*1H4. The Bertz CT molecular complexity index is 702. The summed E-state index contributed by atoms with van der Waals surface area (Å²) in [5.41, 5.74) is 2.21. The van der Waals surface area contributed by atoms with Crippen LogP contribution < -0.4 is 0 Å². The van der Waals surface area contributed by atoms with Gasteiger partial charge in [0.25, 0.3) is 0 Å². The van der Waals surface area contributed by atoms with Gasteiger partial charge in [-0.05, 0) is 80.8 Å². The number of hydrogen-bond donors (Lipinski definition) is 0. The average Bonchev–Trinajstić information content (AvgIpc) is 3.41. The van der Waals surface area contributed by atoms with Crippen LogP contribution in [0.4, 0.5) is 0 Å². The molecule has 0 radical (unpaired) electrons. The molecule has 107 heavy (non-hydrogen) atoms. The molecule has 0 unspecified atom stereocenters. The van der Waals surface area contributed by atoms with Gasteiger partial charge in [-0.25, -0.2) is 0 Å². The van der Waals surface area contributed by atoms with Gasteiger partial charge in [-0.2, -0.15) is 0 Å². The monoisotopic (exact) mass is 1580 g/mol. The molecule has 0 bridgehead atoms. The van der Waals surface area contributed by atoms with Crippen LogP contribution in [0.3, 0.4) is 0 Å². The Morgan fingerprint density at radius 3 is 0.187 bits per heavy atom. The van der Waals surface area contributed by atoms with Crippen LogP contribution in [-0.2, 0) is 0 Å². The first-order valence-corrected chi connectivity index (χ1v) is 35.7. The molecule has 0 fully saturated rings. The molecule has 0 amide bonds. The van der Waals surface area contributed by atoms with Crippen LogP contribution in [0.1, 0.15) is 648 Å². The number of rotatable bonds is 16. The Morgan fingerprint density at radius 1 is 0.131 bits per heavy atom. The highest BCUT2D eigenvalue weighted by atomic mass is 14.2. The summed E-state index contributed by atoms with van der Waals surface area (Å²) in [6.07, 6.45) is 24.9. The second-order valence-electron chi connectivity index (χ2n) is 30.1. The topological polar surface area (TPSA) is 0 Å². The van der Waals surface area contributed by atoms with Crippen molar-refractivity contribution in [2.45, 2.75) is 648 Å². The molecule has 0 atom stereocenters. The largest absolute Gasteiger partial charge is 0.0776 e. The van der Waals surface area contributed by atoms with Gasteiger partial charge in [-0.1, -0.05) is 648 Å². The summed E-state index contributed by atoms with van der Waals surface area (Å²) in [7, 11) is 0. The normalized spacial score (nSPS) is 7.74. The Kier molecular flexibility index (Phi) is 583. The molecule has 0 nitrogen and oxygen atoms in total. The third kappa shape index (κ3) is 620. The van der Waals surface area contributed by atoms with Gasteiger partial charge >= 0.3 is 0 Å². The van der Waals surface area contributed by atoms with Crippen LogP contribution in [0.25, 0.3) is 0 Å². The maximum Gasteiger partial charge on any atom is -0.0359 e. The molecule has 0 aliphatic rings. The van der Waals surface area contributed by atoms with Crippen molar-refractivity contribution >= 4 is 0 Å². The van der Waals surface area contributed by atoms with Crippen molar-refractivity contribution in [1.82, 2.24) is 0 Å². The van der Waals surface area contributed by atoms with E-state index in [2.05, 4.69) is 318 Å². The van der Waals surface area contributed by atoms with Crippen molar-refractivity contribution in [3.63, 3.8) is 0 Å². The quantitative estimate of drug-likeness (QED) is 0.144. The van der Waals surface area contributed by atoms with E-state index >= 15 is 0 Å². The molecule has 0 aromatic heterocycles. The van der Waals surface area contributed by atoms with Crippen molar-refractivity contribution in [1.29, 1.82) is 0 Å². The molecule has 0 rings (SSSR count). The summed E-state index contributed by atoms with van der Waals surface area (Å²) in [4.78, 5) is 0. The van der Waals surface area contributed by atoms with Crippen LogP contribution in [0.2, 0.25) is 0 Å². The van der Waals surface area contributed by atoms with Gasteiger partial charge < -0.3 is 0 Å². The second kappa shape index (κ2) is 219. The van der Waals surface area contributed by atoms with Crippen molar-refractivity contribution in [3.8, 4) is 0 Å². The maximum absolute atomic E-state index is 2.30. The molecule has 0 aliphatic carbocycles. The van der Waals surface area contributed by atoms with E-state index in [0.29, 0.717) is 21.7 Å². The first kappa shape index (κ1) is 285. The fraction of sp³-hybridized carbons (Fsp3) is 1.00. The fourth-order valence-corrected chi connectivity index (χ4v) is 1.40. The summed E-state index contributed by atoms with van der Waals surface area (Å²) in [5.74, 6) is 9.05. The molecule has 0 aliphatic heterocycles. The van der Waals surface area contributed by atoms with E-state index in [1.54, 1.807) is 0 Å². The predicted octanol–water partition coefficient (Wildman–Crippen LogP) is 50.1. The Hall–Kier alpha value is 0. The Labute approximate surface area is 725 Å². The van der Waals surface area contributed by atoms with Crippen LogP contribution >= 0.6 is 0 Å². The Morgan fingerprint density at radius 2 is 0.187 bits per heavy atom. The van der Waals surface area contributed by atoms with Gasteiger partial charge in [0.2, 0.25) is 0 Å². The zero-order valence-corrected chi connectivity index (χ0v) is 67.2. The summed E-state index contributed by atoms with van der Waals surface area (Å²) >= 11 is 0. The van der Waals surface area contributed by atoms with Crippen molar-refractivity contribution < 1.29 is 0 Å². The van der Waals surface area contributed by atoms with E-state index in [-0.39, 0.29) is 208 Å². The lowest BCUT2D eigenvalue weighted by Crippen LogP contribution is -2.05. The van der Waals surface area contributed by atoms with E-state index in [0.717, 1.165) is 59.2 Å². The van der Waals surface area contributed by atoms with Gasteiger partial charge in [0.15, 0.2) is 0 Å². The molecule has 0 heterocycles. The van der Waals surface area contributed by atoms with Crippen molar-refractivity contribution in [3.05, 3.63) is 0 Å². The average molecular weight is 1590 g/mol. The van der Waals surface area contributed by atoms with Gasteiger partial charge in [0, 0.05) is 0 Å². The third-order valence-electron chi connectivity index (χ3n) is 15.6. The predicted molar refractivity (Wildman–Crippen MR) is 582 cm³/mol. The highest BCUT2D eigenvalue weighted by Crippen LogP contribution is 2.23. The van der Waals surface area contributed by atoms with Crippen LogP contribution in [0.15, 0.2) is 0 Å². The highest BCUT2D eigenvalue weighted by molar-refractivity contribution is 4.62. The third-order valence-corrected chi connectivity index (χ3v) is 15.6. The number of hydrogen-bond acceptors (Lipinski definition) is 0. The summed E-state index contributed by atoms with van der Waals surface area (Å²) < 4.78 is 0. The van der Waals surface area contributed by atoms with Crippen LogP contribution in [0, 0.1) is 80.8 Å². The lowest BCUT2D eigenvalue weighted by atomic mass is 9.88. The van der Waals surface area contributed by atoms with Gasteiger partial charge in [-0.15, -0.1) is 0 Å². The molecule has 0 aromatic rings. The SMILES string of the molecule is C.C.C.C.C.C.C.C.C.C.C.C.C.C.C.C.C.C.C.C.C.C.C.C.C.C.C.C.CCC(C)(C)C.CCC(C)(C)C.CCC(C)(C)C.CCC(C)(C)CC.CCC(C)C.CCC(C)C.CCC(C)C.CCC(C)C.CCC(C)C.CCC(C)C.CCC(C)CC.CCC(C)CC.CCC(C)CC.CCC(C)CC. The van der Waals surface area contributed by atoms with E-state index in [1.165, 1.54) is 122 Å². The molecular weight excluding hydrogens is 1290 g/mol. The molecular formula is C107H298. The minimum Gasteiger partial charge on any atom is -0.0776 e. The second-order valence-corrected chi connectivity index (χ2v) is 30.1. The van der Waals surface area contributed by atoms with E-state index in [4.69, 9.17) is 0 Å². The van der Waals surface area contributed by atoms with E-state index in [1.807, 2.05) is 0 Å². The summed E-state index contributed by atoms with van der Waals surface area (Å²) in [6, 6.07) is 0. The molecule has 0 N–H and O–H groups in total. The molecule has 0 saturated carbocycles. The van der Waals surface area contributed by atoms with Gasteiger partial charge in [-0.3, -0.25) is 0 Å². The molecule has 726 valence electrons. The zero-order chi connectivity index (χ0) is 67.2. The molecule has 0 spiro atoms. The summed E-state index contributed by atoms with van der Waals surface area (Å²) in [6.45, 7) is 103. The van der Waals surface area contributed by atoms with E-state index < -0.39 is 0 Å². The molecule has 0 saturated heterocycles. The first-order valence-electron chi connectivity index (χ1n) is 35.7. The van der Waals surface area contributed by atoms with Gasteiger partial charge in [0.1, 0.15) is 0 Å². The fourth-order valence-electron chi connectivity index (χ4n) is 1.40. The Balaban J connectivity index is -0.0000000104. The first-order chi connectivity index (χ1) is 35.7. The van der Waals surface area contributed by atoms with Crippen molar-refractivity contribution in [2.75, 3.05) is 0 Å².